The maximum Gasteiger partial charge on any atom is 0.407 e. The van der Waals surface area contributed by atoms with Crippen molar-refractivity contribution in [3.8, 4) is 11.1 Å². The number of benzene rings is 2. The zero-order valence-corrected chi connectivity index (χ0v) is 19.4. The molecule has 4 rings (SSSR count). The molecule has 7 nitrogen and oxygen atoms in total. The van der Waals surface area contributed by atoms with Gasteiger partial charge in [-0.3, -0.25) is 9.59 Å². The summed E-state index contributed by atoms with van der Waals surface area (Å²) in [6.45, 7) is 2.23. The van der Waals surface area contributed by atoms with Crippen LogP contribution in [-0.4, -0.2) is 54.2 Å². The normalized spacial score (nSPS) is 14.8. The third kappa shape index (κ3) is 5.76. The van der Waals surface area contributed by atoms with Crippen molar-refractivity contribution in [1.82, 2.24) is 10.2 Å². The molecule has 0 aromatic heterocycles. The number of nitrogens with zero attached hydrogens (tertiary/aromatic N) is 1. The van der Waals surface area contributed by atoms with E-state index in [1.54, 1.807) is 0 Å². The smallest absolute Gasteiger partial charge is 0.407 e. The van der Waals surface area contributed by atoms with Gasteiger partial charge in [-0.2, -0.15) is 0 Å². The fourth-order valence-electron chi connectivity index (χ4n) is 4.90. The van der Waals surface area contributed by atoms with Crippen molar-refractivity contribution in [2.45, 2.75) is 44.4 Å². The highest BCUT2D eigenvalue weighted by Gasteiger charge is 2.30. The van der Waals surface area contributed by atoms with Gasteiger partial charge in [-0.1, -0.05) is 48.5 Å². The number of hydrogen-bond donors (Lipinski definition) is 2. The molecule has 2 aromatic rings. The van der Waals surface area contributed by atoms with Crippen LogP contribution in [0.15, 0.2) is 48.5 Å². The largest absolute Gasteiger partial charge is 0.481 e. The number of hydrogen-bond acceptors (Lipinski definition) is 4. The minimum atomic E-state index is -0.765. The molecular formula is C27H32N2O5. The maximum atomic E-state index is 12.2. The molecule has 1 fully saturated rings. The molecule has 0 saturated carbocycles. The zero-order valence-electron chi connectivity index (χ0n) is 19.4. The molecule has 34 heavy (non-hydrogen) atoms. The number of amides is 2. The first-order valence-corrected chi connectivity index (χ1v) is 12.1. The van der Waals surface area contributed by atoms with Crippen molar-refractivity contribution in [3.05, 3.63) is 59.7 Å². The van der Waals surface area contributed by atoms with Crippen LogP contribution in [0.3, 0.4) is 0 Å². The van der Waals surface area contributed by atoms with E-state index < -0.39 is 12.1 Å². The molecule has 180 valence electrons. The number of nitrogens with one attached hydrogen (secondary N) is 1. The van der Waals surface area contributed by atoms with Crippen LogP contribution in [0.4, 0.5) is 4.79 Å². The minimum absolute atomic E-state index is 0.0419. The minimum Gasteiger partial charge on any atom is -0.481 e. The molecule has 7 heteroatoms. The molecule has 1 saturated heterocycles. The predicted molar refractivity (Wildman–Crippen MR) is 128 cm³/mol. The van der Waals surface area contributed by atoms with Gasteiger partial charge in [0.15, 0.2) is 0 Å². The van der Waals surface area contributed by atoms with Crippen LogP contribution < -0.4 is 5.32 Å². The highest BCUT2D eigenvalue weighted by Crippen LogP contribution is 2.44. The molecule has 2 aromatic carbocycles. The number of carboxylic acids is 1. The van der Waals surface area contributed by atoms with Crippen LogP contribution in [-0.2, 0) is 14.3 Å². The van der Waals surface area contributed by atoms with Crippen LogP contribution in [0.2, 0.25) is 0 Å². The van der Waals surface area contributed by atoms with E-state index >= 15 is 0 Å². The molecule has 1 heterocycles. The lowest BCUT2D eigenvalue weighted by Crippen LogP contribution is -2.49. The van der Waals surface area contributed by atoms with Crippen molar-refractivity contribution in [1.29, 1.82) is 0 Å². The van der Waals surface area contributed by atoms with Gasteiger partial charge in [0.1, 0.15) is 6.61 Å². The summed E-state index contributed by atoms with van der Waals surface area (Å²) in [5.74, 6) is -0.159. The molecule has 0 unspecified atom stereocenters. The van der Waals surface area contributed by atoms with E-state index in [1.165, 1.54) is 22.3 Å². The number of carboxylic acid groups (broad SMARTS) is 1. The molecule has 1 aliphatic carbocycles. The van der Waals surface area contributed by atoms with Crippen molar-refractivity contribution >= 4 is 18.0 Å². The summed E-state index contributed by atoms with van der Waals surface area (Å²) >= 11 is 0. The van der Waals surface area contributed by atoms with Crippen molar-refractivity contribution < 1.29 is 24.2 Å². The Hall–Kier alpha value is -3.35. The molecule has 1 aliphatic heterocycles. The SMILES string of the molecule is O=C(O)CCCC1CN(C(=O)CCCCNC(=O)OCC2c3ccccc3-c3ccccc32)C1. The second-order valence-corrected chi connectivity index (χ2v) is 9.16. The van der Waals surface area contributed by atoms with Crippen LogP contribution in [0.25, 0.3) is 11.1 Å². The third-order valence-electron chi connectivity index (χ3n) is 6.74. The Morgan fingerprint density at radius 3 is 2.21 bits per heavy atom. The van der Waals surface area contributed by atoms with Gasteiger partial charge in [0.05, 0.1) is 0 Å². The van der Waals surface area contributed by atoms with E-state index in [9.17, 15) is 14.4 Å². The molecular weight excluding hydrogens is 432 g/mol. The Balaban J connectivity index is 1.10. The van der Waals surface area contributed by atoms with Crippen molar-refractivity contribution in [2.75, 3.05) is 26.2 Å². The first kappa shape index (κ1) is 23.8. The van der Waals surface area contributed by atoms with Crippen molar-refractivity contribution in [3.63, 3.8) is 0 Å². The second-order valence-electron chi connectivity index (χ2n) is 9.16. The highest BCUT2D eigenvalue weighted by molar-refractivity contribution is 5.79. The Morgan fingerprint density at radius 2 is 1.56 bits per heavy atom. The molecule has 0 radical (unpaired) electrons. The van der Waals surface area contributed by atoms with E-state index in [-0.39, 0.29) is 18.2 Å². The first-order chi connectivity index (χ1) is 16.5. The van der Waals surface area contributed by atoms with Crippen LogP contribution in [0.1, 0.15) is 55.6 Å². The number of carbonyl (C=O) groups excluding carboxylic acids is 2. The number of likely N-dealkylation sites (tertiary alicyclic amines) is 1. The Morgan fingerprint density at radius 1 is 0.912 bits per heavy atom. The number of unbranched alkanes of at least 4 members (excludes halogenated alkanes) is 1. The first-order valence-electron chi connectivity index (χ1n) is 12.1. The number of fused-ring (bicyclic) bond motifs is 3. The summed E-state index contributed by atoms with van der Waals surface area (Å²) in [5.41, 5.74) is 4.77. The summed E-state index contributed by atoms with van der Waals surface area (Å²) in [7, 11) is 0. The Kier molecular flexibility index (Phi) is 7.83. The zero-order chi connectivity index (χ0) is 23.9. The fraction of sp³-hybridized carbons (Fsp3) is 0.444. The topological polar surface area (TPSA) is 95.9 Å². The molecule has 0 spiro atoms. The van der Waals surface area contributed by atoms with Crippen LogP contribution >= 0.6 is 0 Å². The van der Waals surface area contributed by atoms with Gasteiger partial charge in [-0.15, -0.1) is 0 Å². The number of ether oxygens (including phenoxy) is 1. The quantitative estimate of drug-likeness (QED) is 0.480. The number of aliphatic carboxylic acids is 1. The van der Waals surface area contributed by atoms with E-state index in [2.05, 4.69) is 29.6 Å². The monoisotopic (exact) mass is 464 g/mol. The summed E-state index contributed by atoms with van der Waals surface area (Å²) < 4.78 is 5.53. The summed E-state index contributed by atoms with van der Waals surface area (Å²) in [4.78, 5) is 36.8. The van der Waals surface area contributed by atoms with Gasteiger partial charge in [-0.05, 0) is 53.9 Å². The lowest BCUT2D eigenvalue weighted by atomic mass is 9.93. The number of alkyl carbamates (subject to hydrolysis) is 1. The summed E-state index contributed by atoms with van der Waals surface area (Å²) in [5, 5.41) is 11.5. The van der Waals surface area contributed by atoms with Crippen molar-refractivity contribution in [2.24, 2.45) is 5.92 Å². The molecule has 0 atom stereocenters. The lowest BCUT2D eigenvalue weighted by Gasteiger charge is -2.39. The molecule has 2 amide bonds. The summed E-state index contributed by atoms with van der Waals surface area (Å²) in [6.07, 6.45) is 3.19. The molecule has 0 bridgehead atoms. The van der Waals surface area contributed by atoms with Crippen LogP contribution in [0, 0.1) is 5.92 Å². The highest BCUT2D eigenvalue weighted by atomic mass is 16.5. The van der Waals surface area contributed by atoms with Gasteiger partial charge < -0.3 is 20.1 Å². The van der Waals surface area contributed by atoms with Gasteiger partial charge in [0.2, 0.25) is 5.91 Å². The van der Waals surface area contributed by atoms with E-state index in [1.807, 2.05) is 29.2 Å². The van der Waals surface area contributed by atoms with Gasteiger partial charge in [-0.25, -0.2) is 4.79 Å². The standard InChI is InChI=1S/C27H32N2O5/c30-25(29-16-19(17-29)8-7-14-26(31)32)13-5-6-15-28-27(33)34-18-24-22-11-3-1-9-20(22)21-10-2-4-12-23(21)24/h1-4,9-12,19,24H,5-8,13-18H2,(H,28,33)(H,31,32). The van der Waals surface area contributed by atoms with Gasteiger partial charge >= 0.3 is 12.1 Å². The van der Waals surface area contributed by atoms with E-state index in [0.29, 0.717) is 44.8 Å². The predicted octanol–water partition coefficient (Wildman–Crippen LogP) is 4.41. The van der Waals surface area contributed by atoms with E-state index in [0.717, 1.165) is 19.5 Å². The van der Waals surface area contributed by atoms with Gasteiger partial charge in [0, 0.05) is 38.4 Å². The lowest BCUT2D eigenvalue weighted by molar-refractivity contribution is -0.139. The Bertz CT molecular complexity index is 986. The fourth-order valence-corrected chi connectivity index (χ4v) is 4.90. The average molecular weight is 465 g/mol. The number of carbonyl (C=O) groups is 3. The van der Waals surface area contributed by atoms with Crippen LogP contribution in [0.5, 0.6) is 0 Å². The second kappa shape index (κ2) is 11.2. The maximum absolute atomic E-state index is 12.2. The van der Waals surface area contributed by atoms with Gasteiger partial charge in [0.25, 0.3) is 0 Å². The average Bonchev–Trinajstić information content (AvgIpc) is 3.12. The van der Waals surface area contributed by atoms with E-state index in [4.69, 9.17) is 9.84 Å². The number of rotatable bonds is 11. The molecule has 2 aliphatic rings. The Labute approximate surface area is 200 Å². The third-order valence-corrected chi connectivity index (χ3v) is 6.74. The summed E-state index contributed by atoms with van der Waals surface area (Å²) in [6, 6.07) is 16.5. The molecule has 2 N–H and O–H groups in total.